The van der Waals surface area contributed by atoms with Gasteiger partial charge in [0.1, 0.15) is 6.04 Å². The van der Waals surface area contributed by atoms with Crippen molar-refractivity contribution in [3.63, 3.8) is 0 Å². The van der Waals surface area contributed by atoms with Gasteiger partial charge in [-0.05, 0) is 17.2 Å². The van der Waals surface area contributed by atoms with Gasteiger partial charge in [-0.1, -0.05) is 60.7 Å². The Bertz CT molecular complexity index is 615. The molecule has 2 aromatic rings. The minimum atomic E-state index is -0.0404. The van der Waals surface area contributed by atoms with E-state index in [9.17, 15) is 0 Å². The van der Waals surface area contributed by atoms with E-state index in [0.717, 1.165) is 16.8 Å². The van der Waals surface area contributed by atoms with E-state index in [2.05, 4.69) is 40.7 Å². The van der Waals surface area contributed by atoms with Crippen LogP contribution < -0.4 is 11.1 Å². The van der Waals surface area contributed by atoms with Gasteiger partial charge >= 0.3 is 0 Å². The topological polar surface area (TPSA) is 50.4 Å². The lowest BCUT2D eigenvalue weighted by Gasteiger charge is -2.10. The van der Waals surface area contributed by atoms with Gasteiger partial charge in [0.15, 0.2) is 5.96 Å². The Morgan fingerprint density at radius 3 is 2.26 bits per heavy atom. The molecular formula is C16H15N3. The van der Waals surface area contributed by atoms with Gasteiger partial charge in [0.25, 0.3) is 0 Å². The van der Waals surface area contributed by atoms with Gasteiger partial charge < -0.3 is 11.1 Å². The first-order valence-electron chi connectivity index (χ1n) is 6.25. The summed E-state index contributed by atoms with van der Waals surface area (Å²) in [5.74, 6) is 0.469. The summed E-state index contributed by atoms with van der Waals surface area (Å²) in [6.07, 6.45) is 2.08. The summed E-state index contributed by atoms with van der Waals surface area (Å²) in [6, 6.07) is 20.3. The highest BCUT2D eigenvalue weighted by Gasteiger charge is 2.22. The molecule has 0 saturated heterocycles. The average Bonchev–Trinajstić information content (AvgIpc) is 2.82. The molecule has 3 N–H and O–H groups in total. The zero-order valence-corrected chi connectivity index (χ0v) is 10.5. The van der Waals surface area contributed by atoms with Crippen LogP contribution in [0.1, 0.15) is 17.2 Å². The van der Waals surface area contributed by atoms with Crippen LogP contribution in [0.4, 0.5) is 0 Å². The van der Waals surface area contributed by atoms with Crippen molar-refractivity contribution in [1.29, 1.82) is 0 Å². The van der Waals surface area contributed by atoms with E-state index < -0.39 is 0 Å². The summed E-state index contributed by atoms with van der Waals surface area (Å²) in [5.41, 5.74) is 9.09. The third-order valence-electron chi connectivity index (χ3n) is 3.07. The average molecular weight is 249 g/mol. The van der Waals surface area contributed by atoms with Crippen molar-refractivity contribution in [2.75, 3.05) is 0 Å². The zero-order chi connectivity index (χ0) is 13.1. The number of benzene rings is 2. The van der Waals surface area contributed by atoms with Gasteiger partial charge in [0.05, 0.1) is 0 Å². The molecule has 0 bridgehead atoms. The van der Waals surface area contributed by atoms with Gasteiger partial charge in [0, 0.05) is 5.70 Å². The second-order valence-electron chi connectivity index (χ2n) is 4.46. The van der Waals surface area contributed by atoms with Gasteiger partial charge in [-0.25, -0.2) is 4.99 Å². The zero-order valence-electron chi connectivity index (χ0n) is 10.5. The van der Waals surface area contributed by atoms with Crippen LogP contribution in [-0.4, -0.2) is 5.96 Å². The first-order chi connectivity index (χ1) is 9.33. The van der Waals surface area contributed by atoms with Crippen molar-refractivity contribution in [1.82, 2.24) is 5.32 Å². The van der Waals surface area contributed by atoms with Gasteiger partial charge in [-0.2, -0.15) is 0 Å². The van der Waals surface area contributed by atoms with Crippen LogP contribution in [0, 0.1) is 0 Å². The Hall–Kier alpha value is -2.55. The Kier molecular flexibility index (Phi) is 3.02. The monoisotopic (exact) mass is 249 g/mol. The second kappa shape index (κ2) is 4.98. The van der Waals surface area contributed by atoms with E-state index >= 15 is 0 Å². The Morgan fingerprint density at radius 2 is 1.58 bits per heavy atom. The summed E-state index contributed by atoms with van der Waals surface area (Å²) in [7, 11) is 0. The molecule has 0 fully saturated rings. The van der Waals surface area contributed by atoms with Crippen molar-refractivity contribution in [2.24, 2.45) is 10.7 Å². The maximum Gasteiger partial charge on any atom is 0.193 e. The standard InChI is InChI=1S/C16H15N3/c17-16-18-14(11-12-7-3-1-4-8-12)15(19-16)13-9-5-2-6-10-13/h1-11,15H,(H3,17,18,19)/b14-11-. The number of guanidine groups is 1. The lowest BCUT2D eigenvalue weighted by atomic mass is 10.0. The van der Waals surface area contributed by atoms with Crippen LogP contribution in [0.25, 0.3) is 6.08 Å². The number of rotatable bonds is 2. The lowest BCUT2D eigenvalue weighted by molar-refractivity contribution is 0.866. The number of aliphatic imine (C=N–C) groups is 1. The van der Waals surface area contributed by atoms with Crippen LogP contribution in [0.5, 0.6) is 0 Å². The fourth-order valence-corrected chi connectivity index (χ4v) is 2.19. The molecule has 94 valence electrons. The predicted molar refractivity (Wildman–Crippen MR) is 78.4 cm³/mol. The fraction of sp³-hybridized carbons (Fsp3) is 0.0625. The summed E-state index contributed by atoms with van der Waals surface area (Å²) < 4.78 is 0. The van der Waals surface area contributed by atoms with Crippen LogP contribution in [0.3, 0.4) is 0 Å². The number of nitrogens with one attached hydrogen (secondary N) is 1. The molecule has 0 radical (unpaired) electrons. The molecule has 1 heterocycles. The maximum atomic E-state index is 5.80. The molecule has 3 rings (SSSR count). The van der Waals surface area contributed by atoms with Gasteiger partial charge in [-0.15, -0.1) is 0 Å². The molecule has 0 aromatic heterocycles. The number of nitrogens with zero attached hydrogens (tertiary/aromatic N) is 1. The van der Waals surface area contributed by atoms with Crippen LogP contribution in [0.15, 0.2) is 71.4 Å². The smallest absolute Gasteiger partial charge is 0.193 e. The third kappa shape index (κ3) is 2.50. The van der Waals surface area contributed by atoms with Crippen molar-refractivity contribution >= 4 is 12.0 Å². The van der Waals surface area contributed by atoms with E-state index in [1.807, 2.05) is 36.4 Å². The quantitative estimate of drug-likeness (QED) is 0.859. The molecule has 1 unspecified atom stereocenters. The van der Waals surface area contributed by atoms with Crippen molar-refractivity contribution < 1.29 is 0 Å². The molecule has 1 aliphatic heterocycles. The summed E-state index contributed by atoms with van der Waals surface area (Å²) in [4.78, 5) is 4.45. The highest BCUT2D eigenvalue weighted by Crippen LogP contribution is 2.28. The van der Waals surface area contributed by atoms with Crippen molar-refractivity contribution in [3.8, 4) is 0 Å². The number of nitrogens with two attached hydrogens (primary N) is 1. The van der Waals surface area contributed by atoms with Gasteiger partial charge in [0.2, 0.25) is 0 Å². The summed E-state index contributed by atoms with van der Waals surface area (Å²) in [6.45, 7) is 0. The minimum absolute atomic E-state index is 0.0404. The summed E-state index contributed by atoms with van der Waals surface area (Å²) >= 11 is 0. The SMILES string of the molecule is NC1=NC(c2ccccc2)/C(=C/c2ccccc2)N1. The molecule has 0 aliphatic carbocycles. The molecule has 0 saturated carbocycles. The molecule has 1 aliphatic rings. The molecule has 3 nitrogen and oxygen atoms in total. The molecule has 2 aromatic carbocycles. The summed E-state index contributed by atoms with van der Waals surface area (Å²) in [5, 5.41) is 3.14. The molecule has 3 heteroatoms. The van der Waals surface area contributed by atoms with E-state index in [1.54, 1.807) is 0 Å². The first kappa shape index (κ1) is 11.5. The van der Waals surface area contributed by atoms with Crippen LogP contribution in [-0.2, 0) is 0 Å². The Morgan fingerprint density at radius 1 is 0.947 bits per heavy atom. The Labute approximate surface area is 112 Å². The minimum Gasteiger partial charge on any atom is -0.370 e. The largest absolute Gasteiger partial charge is 0.370 e. The van der Waals surface area contributed by atoms with E-state index in [1.165, 1.54) is 0 Å². The predicted octanol–water partition coefficient (Wildman–Crippen LogP) is 2.69. The van der Waals surface area contributed by atoms with E-state index in [-0.39, 0.29) is 6.04 Å². The molecule has 1 atom stereocenters. The lowest BCUT2D eigenvalue weighted by Crippen LogP contribution is -2.25. The normalized spacial score (nSPS) is 20.1. The maximum absolute atomic E-state index is 5.80. The second-order valence-corrected chi connectivity index (χ2v) is 4.46. The van der Waals surface area contributed by atoms with E-state index in [0.29, 0.717) is 5.96 Å². The van der Waals surface area contributed by atoms with Crippen LogP contribution >= 0.6 is 0 Å². The highest BCUT2D eigenvalue weighted by atomic mass is 15.2. The molecule has 19 heavy (non-hydrogen) atoms. The van der Waals surface area contributed by atoms with Crippen molar-refractivity contribution in [2.45, 2.75) is 6.04 Å². The number of hydrogen-bond donors (Lipinski definition) is 2. The highest BCUT2D eigenvalue weighted by molar-refractivity contribution is 5.84. The van der Waals surface area contributed by atoms with E-state index in [4.69, 9.17) is 5.73 Å². The number of hydrogen-bond acceptors (Lipinski definition) is 3. The first-order valence-corrected chi connectivity index (χ1v) is 6.25. The van der Waals surface area contributed by atoms with Crippen LogP contribution in [0.2, 0.25) is 0 Å². The van der Waals surface area contributed by atoms with Gasteiger partial charge in [-0.3, -0.25) is 0 Å². The molecule has 0 spiro atoms. The molecule has 0 amide bonds. The third-order valence-corrected chi connectivity index (χ3v) is 3.07. The molecular weight excluding hydrogens is 234 g/mol. The Balaban J connectivity index is 1.96. The van der Waals surface area contributed by atoms with Crippen molar-refractivity contribution in [3.05, 3.63) is 77.5 Å². The fourth-order valence-electron chi connectivity index (χ4n) is 2.19.